The van der Waals surface area contributed by atoms with Gasteiger partial charge in [-0.15, -0.1) is 0 Å². The van der Waals surface area contributed by atoms with Gasteiger partial charge in [-0.1, -0.05) is 42.5 Å². The molecule has 4 rings (SSSR count). The van der Waals surface area contributed by atoms with Crippen LogP contribution in [0.5, 0.6) is 0 Å². The summed E-state index contributed by atoms with van der Waals surface area (Å²) in [6, 6.07) is 16.2. The second-order valence-electron chi connectivity index (χ2n) is 9.91. The number of carbonyl (C=O) groups is 3. The number of fused-ring (bicyclic) bond motifs is 3. The normalized spacial score (nSPS) is 17.5. The Morgan fingerprint density at radius 3 is 1.41 bits per heavy atom. The number of carboxylic acids is 3. The lowest BCUT2D eigenvalue weighted by atomic mass is 10.0. The second kappa shape index (κ2) is 13.4. The number of aliphatic carboxylic acids is 3. The molecule has 0 saturated carbocycles. The molecule has 0 unspecified atom stereocenters. The molecule has 3 aromatic rings. The van der Waals surface area contributed by atoms with Crippen LogP contribution >= 0.6 is 0 Å². The highest BCUT2D eigenvalue weighted by Crippen LogP contribution is 2.27. The van der Waals surface area contributed by atoms with Crippen LogP contribution in [0.1, 0.15) is 5.69 Å². The molecule has 1 saturated heterocycles. The van der Waals surface area contributed by atoms with E-state index in [1.54, 1.807) is 4.90 Å². The van der Waals surface area contributed by atoms with Crippen LogP contribution in [-0.2, 0) is 20.9 Å². The first-order valence-electron chi connectivity index (χ1n) is 13.1. The van der Waals surface area contributed by atoms with E-state index in [2.05, 4.69) is 23.1 Å². The molecule has 39 heavy (non-hydrogen) atoms. The maximum atomic E-state index is 11.6. The van der Waals surface area contributed by atoms with E-state index in [1.807, 2.05) is 40.1 Å². The van der Waals surface area contributed by atoms with Gasteiger partial charge in [-0.2, -0.15) is 0 Å². The first-order valence-corrected chi connectivity index (χ1v) is 13.1. The fourth-order valence-electron chi connectivity index (χ4n) is 5.09. The van der Waals surface area contributed by atoms with Gasteiger partial charge in [0, 0.05) is 69.7 Å². The largest absolute Gasteiger partial charge is 0.480 e. The molecule has 2 heterocycles. The first-order chi connectivity index (χ1) is 18.8. The molecule has 1 fully saturated rings. The molecule has 0 amide bonds. The SMILES string of the molecule is O=C(O)CN1CCN(CC(=O)O)CCN(Cc2nc3ccccc3c3ccccc23)CCN(CC(=O)O)CC1. The molecule has 0 aliphatic carbocycles. The lowest BCUT2D eigenvalue weighted by molar-refractivity contribution is -0.140. The maximum Gasteiger partial charge on any atom is 0.317 e. The highest BCUT2D eigenvalue weighted by molar-refractivity contribution is 6.06. The topological polar surface area (TPSA) is 138 Å². The fraction of sp³-hybridized carbons (Fsp3) is 0.429. The number of rotatable bonds is 8. The van der Waals surface area contributed by atoms with E-state index in [9.17, 15) is 29.7 Å². The number of hydrogen-bond acceptors (Lipinski definition) is 8. The van der Waals surface area contributed by atoms with Gasteiger partial charge in [0.05, 0.1) is 30.8 Å². The molecule has 208 valence electrons. The molecule has 1 aliphatic rings. The molecular weight excluding hydrogens is 502 g/mol. The van der Waals surface area contributed by atoms with Crippen LogP contribution in [0.15, 0.2) is 48.5 Å². The van der Waals surface area contributed by atoms with Gasteiger partial charge in [-0.05, 0) is 11.5 Å². The maximum absolute atomic E-state index is 11.6. The van der Waals surface area contributed by atoms with Crippen LogP contribution < -0.4 is 0 Å². The van der Waals surface area contributed by atoms with Crippen molar-refractivity contribution in [1.29, 1.82) is 0 Å². The van der Waals surface area contributed by atoms with Crippen molar-refractivity contribution in [2.24, 2.45) is 0 Å². The van der Waals surface area contributed by atoms with Crippen molar-refractivity contribution in [2.75, 3.05) is 72.0 Å². The summed E-state index contributed by atoms with van der Waals surface area (Å²) in [6.45, 7) is 3.63. The fourth-order valence-corrected chi connectivity index (χ4v) is 5.09. The van der Waals surface area contributed by atoms with Gasteiger partial charge in [-0.3, -0.25) is 39.0 Å². The highest BCUT2D eigenvalue weighted by Gasteiger charge is 2.21. The summed E-state index contributed by atoms with van der Waals surface area (Å²) in [6.07, 6.45) is 0. The minimum atomic E-state index is -0.974. The average molecular weight is 538 g/mol. The Labute approximate surface area is 226 Å². The van der Waals surface area contributed by atoms with Gasteiger partial charge < -0.3 is 15.3 Å². The van der Waals surface area contributed by atoms with Gasteiger partial charge in [0.1, 0.15) is 0 Å². The molecule has 11 nitrogen and oxygen atoms in total. The Bertz CT molecular complexity index is 1290. The van der Waals surface area contributed by atoms with Crippen LogP contribution in [0.2, 0.25) is 0 Å². The Morgan fingerprint density at radius 2 is 0.949 bits per heavy atom. The summed E-state index contributed by atoms with van der Waals surface area (Å²) in [7, 11) is 0. The third-order valence-corrected chi connectivity index (χ3v) is 7.07. The highest BCUT2D eigenvalue weighted by atomic mass is 16.4. The number of para-hydroxylation sites is 1. The van der Waals surface area contributed by atoms with Crippen molar-refractivity contribution in [1.82, 2.24) is 24.6 Å². The summed E-state index contributed by atoms with van der Waals surface area (Å²) in [5, 5.41) is 31.5. The van der Waals surface area contributed by atoms with E-state index in [0.29, 0.717) is 58.9 Å². The quantitative estimate of drug-likeness (QED) is 0.359. The molecule has 11 heteroatoms. The van der Waals surface area contributed by atoms with Crippen molar-refractivity contribution in [3.05, 3.63) is 54.2 Å². The second-order valence-corrected chi connectivity index (χ2v) is 9.91. The van der Waals surface area contributed by atoms with E-state index in [-0.39, 0.29) is 19.6 Å². The van der Waals surface area contributed by atoms with Gasteiger partial charge in [0.2, 0.25) is 0 Å². The Kier molecular flexibility index (Phi) is 9.77. The standard InChI is InChI=1S/C28H35N5O6/c34-26(35)18-31-11-9-30(10-12-32(19-27(36)37)14-16-33(15-13-31)20-28(38)39)17-25-23-7-2-1-5-21(23)22-6-3-4-8-24(22)29-25/h1-8H,9-20H2,(H,34,35)(H,36,37)(H,38,39). The van der Waals surface area contributed by atoms with E-state index in [1.165, 1.54) is 0 Å². The predicted molar refractivity (Wildman–Crippen MR) is 147 cm³/mol. The number of pyridine rings is 1. The van der Waals surface area contributed by atoms with Crippen molar-refractivity contribution >= 4 is 39.6 Å². The van der Waals surface area contributed by atoms with Crippen LogP contribution in [0, 0.1) is 0 Å². The smallest absolute Gasteiger partial charge is 0.317 e. The van der Waals surface area contributed by atoms with E-state index in [0.717, 1.165) is 27.4 Å². The number of benzene rings is 2. The van der Waals surface area contributed by atoms with Crippen molar-refractivity contribution < 1.29 is 29.7 Å². The summed E-state index contributed by atoms with van der Waals surface area (Å²) in [5.41, 5.74) is 1.82. The molecule has 0 radical (unpaired) electrons. The minimum Gasteiger partial charge on any atom is -0.480 e. The molecule has 1 aliphatic heterocycles. The molecule has 0 spiro atoms. The van der Waals surface area contributed by atoms with Gasteiger partial charge in [-0.25, -0.2) is 0 Å². The summed E-state index contributed by atoms with van der Waals surface area (Å²) < 4.78 is 0. The Hall–Kier alpha value is -3.64. The zero-order chi connectivity index (χ0) is 27.8. The van der Waals surface area contributed by atoms with Crippen LogP contribution in [0.25, 0.3) is 21.7 Å². The Morgan fingerprint density at radius 1 is 0.564 bits per heavy atom. The molecule has 0 atom stereocenters. The number of nitrogens with zero attached hydrogens (tertiary/aromatic N) is 5. The van der Waals surface area contributed by atoms with Crippen LogP contribution in [0.3, 0.4) is 0 Å². The summed E-state index contributed by atoms with van der Waals surface area (Å²) >= 11 is 0. The van der Waals surface area contributed by atoms with E-state index >= 15 is 0 Å². The monoisotopic (exact) mass is 537 g/mol. The molecule has 3 N–H and O–H groups in total. The average Bonchev–Trinajstić information content (AvgIpc) is 2.89. The van der Waals surface area contributed by atoms with Gasteiger partial charge >= 0.3 is 17.9 Å². The summed E-state index contributed by atoms with van der Waals surface area (Å²) in [5.74, 6) is -2.85. The number of aromatic nitrogens is 1. The molecule has 2 aromatic carbocycles. The van der Waals surface area contributed by atoms with Crippen LogP contribution in [0.4, 0.5) is 0 Å². The van der Waals surface area contributed by atoms with Gasteiger partial charge in [0.15, 0.2) is 0 Å². The van der Waals surface area contributed by atoms with Crippen molar-refractivity contribution in [3.63, 3.8) is 0 Å². The molecular formula is C28H35N5O6. The summed E-state index contributed by atoms with van der Waals surface area (Å²) in [4.78, 5) is 47.1. The van der Waals surface area contributed by atoms with Crippen LogP contribution in [-0.4, -0.2) is 130 Å². The van der Waals surface area contributed by atoms with E-state index < -0.39 is 17.9 Å². The third-order valence-electron chi connectivity index (χ3n) is 7.07. The zero-order valence-corrected chi connectivity index (χ0v) is 21.9. The van der Waals surface area contributed by atoms with Crippen molar-refractivity contribution in [2.45, 2.75) is 6.54 Å². The predicted octanol–water partition coefficient (Wildman–Crippen LogP) is 1.36. The lowest BCUT2D eigenvalue weighted by Gasteiger charge is -2.33. The zero-order valence-electron chi connectivity index (χ0n) is 21.9. The molecule has 1 aromatic heterocycles. The van der Waals surface area contributed by atoms with Gasteiger partial charge in [0.25, 0.3) is 0 Å². The minimum absolute atomic E-state index is 0.142. The number of hydrogen-bond donors (Lipinski definition) is 3. The Balaban J connectivity index is 1.61. The van der Waals surface area contributed by atoms with Crippen molar-refractivity contribution in [3.8, 4) is 0 Å². The molecule has 0 bridgehead atoms. The lowest BCUT2D eigenvalue weighted by Crippen LogP contribution is -2.48. The van der Waals surface area contributed by atoms with E-state index in [4.69, 9.17) is 4.98 Å². The third kappa shape index (κ3) is 8.17. The number of carboxylic acid groups (broad SMARTS) is 3. The first kappa shape index (κ1) is 28.4.